The van der Waals surface area contributed by atoms with E-state index in [-0.39, 0.29) is 47.1 Å². The molecule has 2 atom stereocenters. The zero-order valence-electron chi connectivity index (χ0n) is 25.8. The summed E-state index contributed by atoms with van der Waals surface area (Å²) in [4.78, 5) is 37.7. The SMILES string of the molecule is COc1cc(/C=C/C(=O)C2=C(O)/C(=C/c3ccc(OC(=O)C(N)C(C)C)c(CO)c3)CCC2)ccc1OC(=O)C(N)C(C)C. The summed E-state index contributed by atoms with van der Waals surface area (Å²) in [7, 11) is 1.44. The maximum absolute atomic E-state index is 13.1. The lowest BCUT2D eigenvalue weighted by Gasteiger charge is -2.18. The fourth-order valence-corrected chi connectivity index (χ4v) is 4.42. The van der Waals surface area contributed by atoms with Crippen molar-refractivity contribution in [1.29, 1.82) is 0 Å². The van der Waals surface area contributed by atoms with Crippen LogP contribution in [0.25, 0.3) is 12.2 Å². The second kappa shape index (κ2) is 15.5. The average molecular weight is 607 g/mol. The Morgan fingerprint density at radius 2 is 1.45 bits per heavy atom. The van der Waals surface area contributed by atoms with Crippen LogP contribution in [0.3, 0.4) is 0 Å². The number of methoxy groups -OCH3 is 1. The first-order valence-corrected chi connectivity index (χ1v) is 14.6. The van der Waals surface area contributed by atoms with E-state index in [1.165, 1.54) is 13.2 Å². The third-order valence-electron chi connectivity index (χ3n) is 7.37. The predicted molar refractivity (Wildman–Crippen MR) is 168 cm³/mol. The molecule has 10 nitrogen and oxygen atoms in total. The Labute approximate surface area is 258 Å². The number of carbonyl (C=O) groups excluding carboxylic acids is 3. The Bertz CT molecular complexity index is 1470. The zero-order chi connectivity index (χ0) is 32.6. The lowest BCUT2D eigenvalue weighted by Crippen LogP contribution is -2.38. The minimum absolute atomic E-state index is 0.0869. The number of esters is 2. The van der Waals surface area contributed by atoms with Crippen LogP contribution in [-0.2, 0) is 21.0 Å². The van der Waals surface area contributed by atoms with Gasteiger partial charge < -0.3 is 35.9 Å². The summed E-state index contributed by atoms with van der Waals surface area (Å²) in [5.74, 6) is -1.05. The molecule has 1 aliphatic carbocycles. The highest BCUT2D eigenvalue weighted by Crippen LogP contribution is 2.32. The third kappa shape index (κ3) is 8.66. The molecular formula is C34H42N2O8. The second-order valence-corrected chi connectivity index (χ2v) is 11.4. The summed E-state index contributed by atoms with van der Waals surface area (Å²) in [6, 6.07) is 8.23. The highest BCUT2D eigenvalue weighted by Gasteiger charge is 2.23. The lowest BCUT2D eigenvalue weighted by atomic mass is 9.89. The Morgan fingerprint density at radius 3 is 2.05 bits per heavy atom. The van der Waals surface area contributed by atoms with Crippen molar-refractivity contribution in [3.63, 3.8) is 0 Å². The third-order valence-corrected chi connectivity index (χ3v) is 7.37. The molecular weight excluding hydrogens is 564 g/mol. The van der Waals surface area contributed by atoms with Gasteiger partial charge in [-0.15, -0.1) is 0 Å². The molecule has 0 radical (unpaired) electrons. The molecule has 0 bridgehead atoms. The van der Waals surface area contributed by atoms with E-state index in [2.05, 4.69) is 0 Å². The number of ether oxygens (including phenoxy) is 3. The van der Waals surface area contributed by atoms with E-state index < -0.39 is 24.0 Å². The molecule has 0 aliphatic heterocycles. The largest absolute Gasteiger partial charge is 0.507 e. The lowest BCUT2D eigenvalue weighted by molar-refractivity contribution is -0.137. The van der Waals surface area contributed by atoms with Gasteiger partial charge in [-0.05, 0) is 84.2 Å². The van der Waals surface area contributed by atoms with Gasteiger partial charge in [0.05, 0.1) is 13.7 Å². The molecule has 2 aromatic carbocycles. The number of aliphatic hydroxyl groups is 2. The fourth-order valence-electron chi connectivity index (χ4n) is 4.42. The summed E-state index contributed by atoms with van der Waals surface area (Å²) >= 11 is 0. The van der Waals surface area contributed by atoms with Crippen LogP contribution >= 0.6 is 0 Å². The molecule has 236 valence electrons. The standard InChI is InChI=1S/C34H42N2O8/c1-19(2)30(35)33(40)43-27-13-11-22(16-24(27)18-37)15-23-7-6-8-25(32(23)39)26(38)12-9-21-10-14-28(29(17-21)42-5)44-34(41)31(36)20(3)4/h9-17,19-20,30-31,37,39H,6-8,18,35-36H2,1-5H3/b12-9+,23-15+. The summed E-state index contributed by atoms with van der Waals surface area (Å²) in [6.07, 6.45) is 6.33. The van der Waals surface area contributed by atoms with Gasteiger partial charge in [0.2, 0.25) is 0 Å². The molecule has 0 fully saturated rings. The van der Waals surface area contributed by atoms with Gasteiger partial charge in [-0.2, -0.15) is 0 Å². The number of carbonyl (C=O) groups is 3. The van der Waals surface area contributed by atoms with E-state index in [0.29, 0.717) is 47.3 Å². The van der Waals surface area contributed by atoms with Crippen molar-refractivity contribution in [2.75, 3.05) is 7.11 Å². The maximum Gasteiger partial charge on any atom is 0.328 e. The van der Waals surface area contributed by atoms with E-state index in [1.54, 1.807) is 48.6 Å². The molecule has 0 spiro atoms. The fraction of sp³-hybridized carbons (Fsp3) is 0.382. The number of hydrogen-bond acceptors (Lipinski definition) is 10. The Balaban J connectivity index is 1.78. The minimum Gasteiger partial charge on any atom is -0.507 e. The minimum atomic E-state index is -0.794. The molecule has 0 saturated heterocycles. The van der Waals surface area contributed by atoms with Crippen molar-refractivity contribution in [3.05, 3.63) is 76.1 Å². The van der Waals surface area contributed by atoms with E-state index in [9.17, 15) is 24.6 Å². The zero-order valence-corrected chi connectivity index (χ0v) is 25.8. The van der Waals surface area contributed by atoms with Crippen molar-refractivity contribution in [1.82, 2.24) is 0 Å². The number of ketones is 1. The van der Waals surface area contributed by atoms with E-state index in [4.69, 9.17) is 25.7 Å². The molecule has 0 amide bonds. The predicted octanol–water partition coefficient (Wildman–Crippen LogP) is 4.63. The molecule has 0 saturated carbocycles. The van der Waals surface area contributed by atoms with Gasteiger partial charge in [0.15, 0.2) is 17.3 Å². The van der Waals surface area contributed by atoms with Gasteiger partial charge in [0.1, 0.15) is 23.6 Å². The summed E-state index contributed by atoms with van der Waals surface area (Å²) in [6.45, 7) is 6.90. The van der Waals surface area contributed by atoms with Crippen molar-refractivity contribution >= 4 is 29.9 Å². The molecule has 10 heteroatoms. The van der Waals surface area contributed by atoms with Crippen LogP contribution in [0.5, 0.6) is 17.2 Å². The molecule has 1 aliphatic rings. The topological polar surface area (TPSA) is 171 Å². The van der Waals surface area contributed by atoms with E-state index in [0.717, 1.165) is 0 Å². The van der Waals surface area contributed by atoms with Crippen LogP contribution in [0, 0.1) is 11.8 Å². The van der Waals surface area contributed by atoms with Gasteiger partial charge in [-0.25, -0.2) is 9.59 Å². The maximum atomic E-state index is 13.1. The molecule has 0 aromatic heterocycles. The monoisotopic (exact) mass is 606 g/mol. The molecule has 44 heavy (non-hydrogen) atoms. The van der Waals surface area contributed by atoms with Gasteiger partial charge in [0, 0.05) is 11.1 Å². The first-order valence-electron chi connectivity index (χ1n) is 14.6. The van der Waals surface area contributed by atoms with Crippen molar-refractivity contribution in [3.8, 4) is 17.2 Å². The Hall–Kier alpha value is -4.25. The van der Waals surface area contributed by atoms with Crippen molar-refractivity contribution < 1.29 is 38.8 Å². The number of nitrogens with two attached hydrogens (primary N) is 2. The Kier molecular flexibility index (Phi) is 12.0. The van der Waals surface area contributed by atoms with Crippen LogP contribution < -0.4 is 25.7 Å². The highest BCUT2D eigenvalue weighted by atomic mass is 16.6. The number of hydrogen-bond donors (Lipinski definition) is 4. The number of allylic oxidation sites excluding steroid dienone is 3. The smallest absolute Gasteiger partial charge is 0.328 e. The van der Waals surface area contributed by atoms with Gasteiger partial charge in [0.25, 0.3) is 0 Å². The van der Waals surface area contributed by atoms with Crippen LogP contribution in [0.4, 0.5) is 0 Å². The summed E-state index contributed by atoms with van der Waals surface area (Å²) < 4.78 is 16.2. The molecule has 3 rings (SSSR count). The van der Waals surface area contributed by atoms with Gasteiger partial charge >= 0.3 is 11.9 Å². The summed E-state index contributed by atoms with van der Waals surface area (Å²) in [5.41, 5.74) is 14.3. The number of aliphatic hydroxyl groups excluding tert-OH is 2. The normalized spacial score (nSPS) is 16.0. The number of benzene rings is 2. The Morgan fingerprint density at radius 1 is 0.864 bits per heavy atom. The van der Waals surface area contributed by atoms with Gasteiger partial charge in [-0.1, -0.05) is 45.9 Å². The van der Waals surface area contributed by atoms with Crippen LogP contribution in [0.15, 0.2) is 59.4 Å². The number of rotatable bonds is 12. The molecule has 2 unspecified atom stereocenters. The second-order valence-electron chi connectivity index (χ2n) is 11.4. The summed E-state index contributed by atoms with van der Waals surface area (Å²) in [5, 5.41) is 20.9. The average Bonchev–Trinajstić information content (AvgIpc) is 3.00. The van der Waals surface area contributed by atoms with Crippen LogP contribution in [0.1, 0.15) is 63.6 Å². The first kappa shape index (κ1) is 34.2. The molecule has 2 aromatic rings. The van der Waals surface area contributed by atoms with E-state index in [1.807, 2.05) is 27.7 Å². The first-order chi connectivity index (χ1) is 20.9. The van der Waals surface area contributed by atoms with Crippen LogP contribution in [0.2, 0.25) is 0 Å². The van der Waals surface area contributed by atoms with Crippen molar-refractivity contribution in [2.45, 2.75) is 65.6 Å². The quantitative estimate of drug-likeness (QED) is 0.152. The van der Waals surface area contributed by atoms with Crippen LogP contribution in [-0.4, -0.2) is 47.1 Å². The van der Waals surface area contributed by atoms with E-state index >= 15 is 0 Å². The van der Waals surface area contributed by atoms with Crippen molar-refractivity contribution in [2.24, 2.45) is 23.3 Å². The highest BCUT2D eigenvalue weighted by molar-refractivity contribution is 6.07. The molecule has 0 heterocycles. The molecule has 6 N–H and O–H groups in total. The van der Waals surface area contributed by atoms with Gasteiger partial charge in [-0.3, -0.25) is 4.79 Å².